The molecule has 1 N–H and O–H groups in total. The van der Waals surface area contributed by atoms with Crippen LogP contribution in [0.3, 0.4) is 0 Å². The first-order chi connectivity index (χ1) is 17.2. The number of rotatable bonds is 12. The van der Waals surface area contributed by atoms with Gasteiger partial charge in [-0.05, 0) is 48.4 Å². The summed E-state index contributed by atoms with van der Waals surface area (Å²) < 4.78 is 8.42. The molecule has 182 valence electrons. The first kappa shape index (κ1) is 25.0. The summed E-state index contributed by atoms with van der Waals surface area (Å²) in [5, 5.41) is 0.583. The van der Waals surface area contributed by atoms with Crippen LogP contribution in [0.15, 0.2) is 82.1 Å². The summed E-state index contributed by atoms with van der Waals surface area (Å²) in [6.07, 6.45) is 7.50. The van der Waals surface area contributed by atoms with Crippen LogP contribution >= 0.6 is 15.9 Å². The fourth-order valence-electron chi connectivity index (χ4n) is 4.02. The average molecular weight is 534 g/mol. The molecule has 0 spiro atoms. The van der Waals surface area contributed by atoms with Crippen molar-refractivity contribution in [2.45, 2.75) is 52.0 Å². The number of aromatic nitrogens is 2. The van der Waals surface area contributed by atoms with Gasteiger partial charge in [0, 0.05) is 10.0 Å². The Bertz CT molecular complexity index is 1280. The van der Waals surface area contributed by atoms with E-state index in [0.717, 1.165) is 34.4 Å². The molecule has 3 aromatic carbocycles. The van der Waals surface area contributed by atoms with E-state index in [9.17, 15) is 4.79 Å². The van der Waals surface area contributed by atoms with E-state index in [1.54, 1.807) is 4.68 Å². The van der Waals surface area contributed by atoms with Gasteiger partial charge in [-0.15, -0.1) is 0 Å². The highest BCUT2D eigenvalue weighted by Gasteiger charge is 2.13. The second kappa shape index (κ2) is 12.5. The van der Waals surface area contributed by atoms with Crippen LogP contribution in [0.1, 0.15) is 51.0 Å². The Labute approximate surface area is 215 Å². The summed E-state index contributed by atoms with van der Waals surface area (Å²) in [4.78, 5) is 18.1. The zero-order valence-corrected chi connectivity index (χ0v) is 21.8. The van der Waals surface area contributed by atoms with E-state index >= 15 is 0 Å². The molecule has 0 radical (unpaired) electrons. The van der Waals surface area contributed by atoms with Crippen molar-refractivity contribution in [2.24, 2.45) is 0 Å². The number of nitrogens with zero attached hydrogens (tertiary/aromatic N) is 2. The van der Waals surface area contributed by atoms with E-state index in [2.05, 4.69) is 28.3 Å². The largest absolute Gasteiger partial charge is 0.494 e. The molecule has 1 heterocycles. The maximum absolute atomic E-state index is 13.3. The molecule has 35 heavy (non-hydrogen) atoms. The normalized spacial score (nSPS) is 11.0. The van der Waals surface area contributed by atoms with Gasteiger partial charge >= 0.3 is 0 Å². The molecule has 0 aliphatic carbocycles. The molecular formula is C29H32BrN3O2. The third-order valence-corrected chi connectivity index (χ3v) is 6.54. The number of nitrogens with one attached hydrogen (secondary N) is 1. The first-order valence-electron chi connectivity index (χ1n) is 12.4. The summed E-state index contributed by atoms with van der Waals surface area (Å²) in [6.45, 7) is 3.47. The van der Waals surface area contributed by atoms with Gasteiger partial charge in [0.1, 0.15) is 5.75 Å². The van der Waals surface area contributed by atoms with Crippen LogP contribution in [0.2, 0.25) is 0 Å². The number of hydrogen-bond acceptors (Lipinski definition) is 4. The standard InChI is InChI=1S/C29H32BrN3O2/c1-2-3-4-5-6-9-20-35-25-18-12-22(13-19-25)21-31-33-28(23-14-16-24(30)17-15-23)32-27-11-8-7-10-26(27)29(33)34/h7-8,10-19,31H,2-6,9,20-21H2,1H3. The van der Waals surface area contributed by atoms with E-state index < -0.39 is 0 Å². The van der Waals surface area contributed by atoms with Crippen molar-refractivity contribution in [1.82, 2.24) is 9.66 Å². The van der Waals surface area contributed by atoms with Crippen molar-refractivity contribution in [1.29, 1.82) is 0 Å². The zero-order chi connectivity index (χ0) is 24.5. The van der Waals surface area contributed by atoms with Gasteiger partial charge in [-0.3, -0.25) is 4.79 Å². The topological polar surface area (TPSA) is 56.1 Å². The summed E-state index contributed by atoms with van der Waals surface area (Å²) >= 11 is 3.48. The smallest absolute Gasteiger partial charge is 0.280 e. The maximum atomic E-state index is 13.3. The molecule has 0 amide bonds. The zero-order valence-electron chi connectivity index (χ0n) is 20.2. The van der Waals surface area contributed by atoms with Gasteiger partial charge in [-0.25, -0.2) is 9.66 Å². The molecule has 0 atom stereocenters. The summed E-state index contributed by atoms with van der Waals surface area (Å²) in [5.74, 6) is 1.46. The predicted molar refractivity (Wildman–Crippen MR) is 148 cm³/mol. The minimum Gasteiger partial charge on any atom is -0.494 e. The van der Waals surface area contributed by atoms with Crippen LogP contribution in [-0.4, -0.2) is 16.3 Å². The molecule has 0 saturated heterocycles. The summed E-state index contributed by atoms with van der Waals surface area (Å²) in [5.41, 5.74) is 5.77. The Hall–Kier alpha value is -3.12. The van der Waals surface area contributed by atoms with Gasteiger partial charge in [0.05, 0.1) is 24.1 Å². The fourth-order valence-corrected chi connectivity index (χ4v) is 4.28. The van der Waals surface area contributed by atoms with E-state index in [1.165, 1.54) is 32.1 Å². The molecule has 0 aliphatic heterocycles. The molecule has 0 aliphatic rings. The van der Waals surface area contributed by atoms with Gasteiger partial charge in [0.2, 0.25) is 0 Å². The number of ether oxygens (including phenoxy) is 1. The van der Waals surface area contributed by atoms with Crippen LogP contribution in [-0.2, 0) is 6.54 Å². The first-order valence-corrected chi connectivity index (χ1v) is 13.2. The lowest BCUT2D eigenvalue weighted by Crippen LogP contribution is -2.31. The molecule has 6 heteroatoms. The molecule has 1 aromatic heterocycles. The number of halogens is 1. The third kappa shape index (κ3) is 6.73. The summed E-state index contributed by atoms with van der Waals surface area (Å²) in [6, 6.07) is 23.3. The number of benzene rings is 3. The van der Waals surface area contributed by atoms with E-state index in [1.807, 2.05) is 72.8 Å². The third-order valence-electron chi connectivity index (χ3n) is 6.01. The van der Waals surface area contributed by atoms with Crippen molar-refractivity contribution in [2.75, 3.05) is 12.0 Å². The molecule has 4 rings (SSSR count). The highest BCUT2D eigenvalue weighted by molar-refractivity contribution is 9.10. The van der Waals surface area contributed by atoms with E-state index in [0.29, 0.717) is 23.3 Å². The van der Waals surface area contributed by atoms with Crippen molar-refractivity contribution in [3.63, 3.8) is 0 Å². The molecule has 0 saturated carbocycles. The maximum Gasteiger partial charge on any atom is 0.280 e. The Kier molecular flexibility index (Phi) is 8.96. The van der Waals surface area contributed by atoms with Gasteiger partial charge in [0.15, 0.2) is 5.82 Å². The molecule has 0 bridgehead atoms. The second-order valence-electron chi connectivity index (χ2n) is 8.70. The average Bonchev–Trinajstić information content (AvgIpc) is 2.89. The lowest BCUT2D eigenvalue weighted by Gasteiger charge is -2.16. The van der Waals surface area contributed by atoms with Crippen molar-refractivity contribution in [3.05, 3.63) is 93.2 Å². The molecule has 5 nitrogen and oxygen atoms in total. The van der Waals surface area contributed by atoms with E-state index in [-0.39, 0.29) is 5.56 Å². The number of para-hydroxylation sites is 1. The van der Waals surface area contributed by atoms with Crippen LogP contribution < -0.4 is 15.7 Å². The van der Waals surface area contributed by atoms with E-state index in [4.69, 9.17) is 9.72 Å². The van der Waals surface area contributed by atoms with Gasteiger partial charge in [-0.2, -0.15) is 0 Å². The Morgan fingerprint density at radius 3 is 2.37 bits per heavy atom. The molecule has 4 aromatic rings. The SMILES string of the molecule is CCCCCCCCOc1ccc(CNn2c(-c3ccc(Br)cc3)nc3ccccc3c2=O)cc1. The lowest BCUT2D eigenvalue weighted by atomic mass is 10.1. The van der Waals surface area contributed by atoms with Gasteiger partial charge in [0.25, 0.3) is 5.56 Å². The van der Waals surface area contributed by atoms with Crippen molar-refractivity contribution < 1.29 is 4.74 Å². The second-order valence-corrected chi connectivity index (χ2v) is 9.61. The van der Waals surface area contributed by atoms with Crippen LogP contribution in [0.25, 0.3) is 22.3 Å². The monoisotopic (exact) mass is 533 g/mol. The number of unbranched alkanes of at least 4 members (excludes halogenated alkanes) is 5. The van der Waals surface area contributed by atoms with Crippen LogP contribution in [0, 0.1) is 0 Å². The number of fused-ring (bicyclic) bond motifs is 1. The molecular weight excluding hydrogens is 502 g/mol. The van der Waals surface area contributed by atoms with Gasteiger partial charge in [-0.1, -0.05) is 91.4 Å². The van der Waals surface area contributed by atoms with Crippen molar-refractivity contribution >= 4 is 26.8 Å². The fraction of sp³-hybridized carbons (Fsp3) is 0.310. The highest BCUT2D eigenvalue weighted by Crippen LogP contribution is 2.21. The molecule has 0 fully saturated rings. The Morgan fingerprint density at radius 1 is 0.886 bits per heavy atom. The van der Waals surface area contributed by atoms with Crippen LogP contribution in [0.5, 0.6) is 5.75 Å². The quantitative estimate of drug-likeness (QED) is 0.194. The van der Waals surface area contributed by atoms with Crippen molar-refractivity contribution in [3.8, 4) is 17.1 Å². The Morgan fingerprint density at radius 2 is 1.60 bits per heavy atom. The summed E-state index contributed by atoms with van der Waals surface area (Å²) in [7, 11) is 0. The number of hydrogen-bond donors (Lipinski definition) is 1. The van der Waals surface area contributed by atoms with Gasteiger partial charge < -0.3 is 10.2 Å². The minimum absolute atomic E-state index is 0.118. The predicted octanol–water partition coefficient (Wildman–Crippen LogP) is 7.31. The molecule has 0 unspecified atom stereocenters. The minimum atomic E-state index is -0.118. The lowest BCUT2D eigenvalue weighted by molar-refractivity contribution is 0.304. The van der Waals surface area contributed by atoms with Crippen LogP contribution in [0.4, 0.5) is 0 Å². The Balaban J connectivity index is 1.44. The highest BCUT2D eigenvalue weighted by atomic mass is 79.9.